The third-order valence-corrected chi connectivity index (χ3v) is 4.89. The predicted molar refractivity (Wildman–Crippen MR) is 95.1 cm³/mol. The Kier molecular flexibility index (Phi) is 5.55. The van der Waals surface area contributed by atoms with Crippen molar-refractivity contribution in [1.29, 1.82) is 0 Å². The lowest BCUT2D eigenvalue weighted by Crippen LogP contribution is -2.50. The number of carbonyl (C=O) groups excluding carboxylic acids is 2. The first kappa shape index (κ1) is 18.8. The minimum atomic E-state index is -0.582. The van der Waals surface area contributed by atoms with E-state index in [0.29, 0.717) is 25.1 Å². The third kappa shape index (κ3) is 3.72. The van der Waals surface area contributed by atoms with Crippen LogP contribution in [0.1, 0.15) is 31.9 Å². The van der Waals surface area contributed by atoms with Gasteiger partial charge in [0.05, 0.1) is 12.0 Å². The Balaban J connectivity index is 1.80. The molecule has 1 aromatic rings. The zero-order valence-electron chi connectivity index (χ0n) is 15.0. The quantitative estimate of drug-likeness (QED) is 0.606. The lowest BCUT2D eigenvalue weighted by atomic mass is 9.93. The van der Waals surface area contributed by atoms with Crippen LogP contribution < -0.4 is 21.9 Å². The minimum Gasteiger partial charge on any atom is -0.352 e. The molecule has 0 spiro atoms. The molecule has 2 aliphatic rings. The summed E-state index contributed by atoms with van der Waals surface area (Å²) >= 11 is 0. The van der Waals surface area contributed by atoms with Crippen molar-refractivity contribution in [2.45, 2.75) is 44.4 Å². The van der Waals surface area contributed by atoms with Gasteiger partial charge in [0.2, 0.25) is 11.8 Å². The summed E-state index contributed by atoms with van der Waals surface area (Å²) in [6.45, 7) is 4.44. The molecule has 26 heavy (non-hydrogen) atoms. The summed E-state index contributed by atoms with van der Waals surface area (Å²) in [4.78, 5) is 27.2. The van der Waals surface area contributed by atoms with Gasteiger partial charge in [0.1, 0.15) is 11.9 Å². The first-order chi connectivity index (χ1) is 12.4. The van der Waals surface area contributed by atoms with E-state index in [4.69, 9.17) is 5.73 Å². The monoisotopic (exact) mass is 363 g/mol. The molecule has 5 N–H and O–H groups in total. The number of hydrazine groups is 1. The molecule has 1 aromatic carbocycles. The van der Waals surface area contributed by atoms with Crippen LogP contribution in [0.25, 0.3) is 0 Å². The Labute approximate surface area is 152 Å². The Hall–Kier alpha value is -2.03. The van der Waals surface area contributed by atoms with Gasteiger partial charge in [-0.2, -0.15) is 0 Å². The first-order valence-electron chi connectivity index (χ1n) is 8.97. The van der Waals surface area contributed by atoms with Crippen molar-refractivity contribution in [2.24, 2.45) is 11.7 Å². The van der Waals surface area contributed by atoms with E-state index in [1.54, 1.807) is 23.1 Å². The number of nitrogens with one attached hydrogen (secondary N) is 3. The number of nitrogens with two attached hydrogens (primary N) is 1. The lowest BCUT2D eigenvalue weighted by Gasteiger charge is -2.29. The molecule has 2 saturated heterocycles. The number of halogens is 1. The van der Waals surface area contributed by atoms with E-state index in [9.17, 15) is 14.0 Å². The van der Waals surface area contributed by atoms with E-state index < -0.39 is 18.0 Å². The number of carbonyl (C=O) groups is 2. The van der Waals surface area contributed by atoms with Crippen LogP contribution in [0.4, 0.5) is 4.39 Å². The lowest BCUT2D eigenvalue weighted by molar-refractivity contribution is -0.141. The van der Waals surface area contributed by atoms with Crippen LogP contribution in [-0.2, 0) is 9.59 Å². The highest BCUT2D eigenvalue weighted by atomic mass is 19.1. The van der Waals surface area contributed by atoms with Crippen LogP contribution in [-0.4, -0.2) is 47.9 Å². The zero-order chi connectivity index (χ0) is 18.8. The molecule has 0 aliphatic carbocycles. The predicted octanol–water partition coefficient (Wildman–Crippen LogP) is 0.0436. The van der Waals surface area contributed by atoms with Gasteiger partial charge in [-0.05, 0) is 26.3 Å². The van der Waals surface area contributed by atoms with Gasteiger partial charge in [0, 0.05) is 30.7 Å². The maximum atomic E-state index is 14.2. The van der Waals surface area contributed by atoms with Gasteiger partial charge in [-0.25, -0.2) is 9.82 Å². The standard InChI is InChI=1S/C18H26FN5O2/c1-10(2)22-17(25)15-7-11(20)9-24(15)18(26)13-8-21-23-16(13)12-5-3-4-6-14(12)19/h3-6,10-11,13,15-16,21,23H,7-9,20H2,1-2H3,(H,22,25)/t11-,13?,15+,16?/m1/s1. The van der Waals surface area contributed by atoms with Crippen molar-refractivity contribution in [1.82, 2.24) is 21.1 Å². The third-order valence-electron chi connectivity index (χ3n) is 4.89. The SMILES string of the molecule is CC(C)NC(=O)[C@@H]1C[C@@H](N)CN1C(=O)C1CNNC1c1ccccc1F. The molecule has 0 saturated carbocycles. The Bertz CT molecular complexity index is 683. The second kappa shape index (κ2) is 7.69. The summed E-state index contributed by atoms with van der Waals surface area (Å²) in [5.41, 5.74) is 12.4. The molecular formula is C18H26FN5O2. The van der Waals surface area contributed by atoms with Crippen LogP contribution in [0.3, 0.4) is 0 Å². The van der Waals surface area contributed by atoms with Crippen LogP contribution in [0.2, 0.25) is 0 Å². The molecule has 0 bridgehead atoms. The molecule has 2 heterocycles. The summed E-state index contributed by atoms with van der Waals surface area (Å²) < 4.78 is 14.2. The summed E-state index contributed by atoms with van der Waals surface area (Å²) in [6.07, 6.45) is 0.433. The van der Waals surface area contributed by atoms with Crippen molar-refractivity contribution in [3.8, 4) is 0 Å². The van der Waals surface area contributed by atoms with Crippen molar-refractivity contribution in [3.05, 3.63) is 35.6 Å². The van der Waals surface area contributed by atoms with Crippen LogP contribution in [0.5, 0.6) is 0 Å². The molecule has 2 unspecified atom stereocenters. The molecule has 2 aliphatic heterocycles. The summed E-state index contributed by atoms with van der Waals surface area (Å²) in [5.74, 6) is -1.25. The largest absolute Gasteiger partial charge is 0.352 e. The highest BCUT2D eigenvalue weighted by Gasteiger charge is 2.44. The fourth-order valence-corrected chi connectivity index (χ4v) is 3.70. The smallest absolute Gasteiger partial charge is 0.243 e. The number of rotatable bonds is 4. The van der Waals surface area contributed by atoms with E-state index in [2.05, 4.69) is 16.2 Å². The van der Waals surface area contributed by atoms with Crippen LogP contribution in [0, 0.1) is 11.7 Å². The van der Waals surface area contributed by atoms with Crippen molar-refractivity contribution in [3.63, 3.8) is 0 Å². The highest BCUT2D eigenvalue weighted by Crippen LogP contribution is 2.30. The van der Waals surface area contributed by atoms with Gasteiger partial charge < -0.3 is 16.0 Å². The van der Waals surface area contributed by atoms with Crippen molar-refractivity contribution >= 4 is 11.8 Å². The van der Waals surface area contributed by atoms with Crippen molar-refractivity contribution < 1.29 is 14.0 Å². The van der Waals surface area contributed by atoms with Gasteiger partial charge in [-0.1, -0.05) is 18.2 Å². The number of hydrogen-bond donors (Lipinski definition) is 4. The molecule has 4 atom stereocenters. The summed E-state index contributed by atoms with van der Waals surface area (Å²) in [7, 11) is 0. The first-order valence-corrected chi connectivity index (χ1v) is 8.97. The summed E-state index contributed by atoms with van der Waals surface area (Å²) in [5, 5.41) is 2.85. The highest BCUT2D eigenvalue weighted by molar-refractivity contribution is 5.90. The second-order valence-corrected chi connectivity index (χ2v) is 7.30. The topological polar surface area (TPSA) is 99.5 Å². The molecule has 0 radical (unpaired) electrons. The van der Waals surface area contributed by atoms with E-state index in [1.165, 1.54) is 6.07 Å². The van der Waals surface area contributed by atoms with E-state index in [0.717, 1.165) is 0 Å². The van der Waals surface area contributed by atoms with Gasteiger partial charge in [-0.15, -0.1) is 0 Å². The number of likely N-dealkylation sites (tertiary alicyclic amines) is 1. The van der Waals surface area contributed by atoms with E-state index in [1.807, 2.05) is 13.8 Å². The normalized spacial score (nSPS) is 28.6. The Morgan fingerprint density at radius 3 is 2.77 bits per heavy atom. The molecule has 0 aromatic heterocycles. The van der Waals surface area contributed by atoms with E-state index in [-0.39, 0.29) is 29.7 Å². The number of benzene rings is 1. The molecule has 2 amide bonds. The van der Waals surface area contributed by atoms with Gasteiger partial charge >= 0.3 is 0 Å². The molecule has 8 heteroatoms. The summed E-state index contributed by atoms with van der Waals surface area (Å²) in [6, 6.07) is 5.07. The Morgan fingerprint density at radius 2 is 2.08 bits per heavy atom. The van der Waals surface area contributed by atoms with Gasteiger partial charge in [0.15, 0.2) is 0 Å². The van der Waals surface area contributed by atoms with Crippen LogP contribution >= 0.6 is 0 Å². The van der Waals surface area contributed by atoms with E-state index >= 15 is 0 Å². The maximum Gasteiger partial charge on any atom is 0.243 e. The van der Waals surface area contributed by atoms with Gasteiger partial charge in [0.25, 0.3) is 0 Å². The maximum absolute atomic E-state index is 14.2. The Morgan fingerprint density at radius 1 is 1.35 bits per heavy atom. The fourth-order valence-electron chi connectivity index (χ4n) is 3.70. The number of nitrogens with zero attached hydrogens (tertiary/aromatic N) is 1. The zero-order valence-corrected chi connectivity index (χ0v) is 15.0. The molecule has 142 valence electrons. The minimum absolute atomic E-state index is 0.0164. The van der Waals surface area contributed by atoms with Crippen molar-refractivity contribution in [2.75, 3.05) is 13.1 Å². The van der Waals surface area contributed by atoms with Gasteiger partial charge in [-0.3, -0.25) is 15.0 Å². The average Bonchev–Trinajstić information content (AvgIpc) is 3.20. The van der Waals surface area contributed by atoms with Crippen LogP contribution in [0.15, 0.2) is 24.3 Å². The molecule has 2 fully saturated rings. The average molecular weight is 363 g/mol. The molecule has 7 nitrogen and oxygen atoms in total. The fraction of sp³-hybridized carbons (Fsp3) is 0.556. The molecule has 3 rings (SSSR count). The molecular weight excluding hydrogens is 337 g/mol. The second-order valence-electron chi connectivity index (χ2n) is 7.30. The number of amides is 2. The number of hydrogen-bond acceptors (Lipinski definition) is 5.